The van der Waals surface area contributed by atoms with E-state index in [0.29, 0.717) is 18.8 Å². The Kier molecular flexibility index (Phi) is 5.83. The van der Waals surface area contributed by atoms with Crippen molar-refractivity contribution in [1.82, 2.24) is 20.0 Å². The van der Waals surface area contributed by atoms with Crippen LogP contribution in [-0.2, 0) is 6.54 Å². The van der Waals surface area contributed by atoms with Crippen molar-refractivity contribution in [3.05, 3.63) is 70.9 Å². The lowest BCUT2D eigenvalue weighted by molar-refractivity contribution is 0.0622. The largest absolute Gasteiger partial charge is 0.497 e. The van der Waals surface area contributed by atoms with Gasteiger partial charge in [0.15, 0.2) is 0 Å². The summed E-state index contributed by atoms with van der Waals surface area (Å²) in [5.74, 6) is 0.743. The lowest BCUT2D eigenvalue weighted by Crippen LogP contribution is -2.48. The van der Waals surface area contributed by atoms with Crippen LogP contribution in [-0.4, -0.2) is 59.2 Å². The summed E-state index contributed by atoms with van der Waals surface area (Å²) in [7, 11) is 1.63. The zero-order valence-corrected chi connectivity index (χ0v) is 17.0. The first-order valence-electron chi connectivity index (χ1n) is 9.58. The number of nitrogens with zero attached hydrogens (tertiary/aromatic N) is 3. The van der Waals surface area contributed by atoms with Crippen LogP contribution in [0.1, 0.15) is 16.1 Å². The third-order valence-electron chi connectivity index (χ3n) is 5.15. The number of ether oxygens (including phenoxy) is 1. The number of benzene rings is 2. The molecule has 1 aromatic heterocycles. The van der Waals surface area contributed by atoms with Crippen molar-refractivity contribution in [1.29, 1.82) is 0 Å². The first kappa shape index (κ1) is 19.5. The predicted octanol–water partition coefficient (Wildman–Crippen LogP) is 3.70. The number of hydrogen-bond acceptors (Lipinski definition) is 4. The van der Waals surface area contributed by atoms with Gasteiger partial charge < -0.3 is 9.64 Å². The van der Waals surface area contributed by atoms with Crippen LogP contribution in [0.4, 0.5) is 0 Å². The maximum atomic E-state index is 12.9. The summed E-state index contributed by atoms with van der Waals surface area (Å²) < 4.78 is 5.26. The van der Waals surface area contributed by atoms with Gasteiger partial charge in [0.05, 0.1) is 12.8 Å². The normalized spacial score (nSPS) is 14.8. The Morgan fingerprint density at radius 3 is 2.59 bits per heavy atom. The van der Waals surface area contributed by atoms with Crippen LogP contribution >= 0.6 is 11.6 Å². The zero-order chi connectivity index (χ0) is 20.2. The highest BCUT2D eigenvalue weighted by Crippen LogP contribution is 2.23. The molecule has 6 nitrogen and oxygen atoms in total. The Morgan fingerprint density at radius 1 is 1.10 bits per heavy atom. The molecule has 1 amide bonds. The molecule has 1 aliphatic rings. The van der Waals surface area contributed by atoms with Crippen molar-refractivity contribution < 1.29 is 9.53 Å². The van der Waals surface area contributed by atoms with Crippen molar-refractivity contribution in [2.75, 3.05) is 33.3 Å². The van der Waals surface area contributed by atoms with E-state index in [-0.39, 0.29) is 5.91 Å². The van der Waals surface area contributed by atoms with Gasteiger partial charge in [-0.15, -0.1) is 0 Å². The fourth-order valence-corrected chi connectivity index (χ4v) is 3.61. The summed E-state index contributed by atoms with van der Waals surface area (Å²) in [6.07, 6.45) is 0. The van der Waals surface area contributed by atoms with Gasteiger partial charge in [-0.2, -0.15) is 5.10 Å². The molecule has 0 aliphatic carbocycles. The van der Waals surface area contributed by atoms with E-state index in [0.717, 1.165) is 41.7 Å². The number of nitrogens with one attached hydrogen (secondary N) is 1. The number of H-pyrrole nitrogens is 1. The molecule has 0 atom stereocenters. The molecule has 29 heavy (non-hydrogen) atoms. The third-order valence-corrected chi connectivity index (χ3v) is 5.40. The van der Waals surface area contributed by atoms with E-state index in [4.69, 9.17) is 16.3 Å². The summed E-state index contributed by atoms with van der Waals surface area (Å²) in [4.78, 5) is 17.1. The average molecular weight is 411 g/mol. The highest BCUT2D eigenvalue weighted by molar-refractivity contribution is 6.30. The fourth-order valence-electron chi connectivity index (χ4n) is 3.49. The lowest BCUT2D eigenvalue weighted by atomic mass is 10.1. The van der Waals surface area contributed by atoms with Gasteiger partial charge in [0.2, 0.25) is 0 Å². The molecule has 0 bridgehead atoms. The molecular weight excluding hydrogens is 388 g/mol. The van der Waals surface area contributed by atoms with Gasteiger partial charge in [-0.25, -0.2) is 0 Å². The number of piperazine rings is 1. The molecule has 7 heteroatoms. The second-order valence-electron chi connectivity index (χ2n) is 7.09. The maximum Gasteiger partial charge on any atom is 0.271 e. The molecule has 1 aliphatic heterocycles. The number of carbonyl (C=O) groups excluding carboxylic acids is 1. The van der Waals surface area contributed by atoms with E-state index in [1.807, 2.05) is 53.4 Å². The molecule has 150 valence electrons. The summed E-state index contributed by atoms with van der Waals surface area (Å²) in [5.41, 5.74) is 3.38. The molecule has 0 radical (unpaired) electrons. The Balaban J connectivity index is 1.36. The SMILES string of the molecule is COc1cccc(-c2cc(C(=O)N3CCN(Cc4ccc(Cl)cc4)CC3)[nH]n2)c1. The first-order valence-corrected chi connectivity index (χ1v) is 9.96. The minimum atomic E-state index is -0.0159. The second kappa shape index (κ2) is 8.68. The summed E-state index contributed by atoms with van der Waals surface area (Å²) in [5, 5.41) is 7.94. The zero-order valence-electron chi connectivity index (χ0n) is 16.3. The first-order chi connectivity index (χ1) is 14.1. The fraction of sp³-hybridized carbons (Fsp3) is 0.273. The van der Waals surface area contributed by atoms with Crippen molar-refractivity contribution >= 4 is 17.5 Å². The van der Waals surface area contributed by atoms with Gasteiger partial charge in [0.25, 0.3) is 5.91 Å². The summed E-state index contributed by atoms with van der Waals surface area (Å²) in [6.45, 7) is 3.93. The van der Waals surface area contributed by atoms with Crippen LogP contribution in [0.25, 0.3) is 11.3 Å². The maximum absolute atomic E-state index is 12.9. The van der Waals surface area contributed by atoms with Crippen molar-refractivity contribution in [3.63, 3.8) is 0 Å². The predicted molar refractivity (Wildman–Crippen MR) is 113 cm³/mol. The topological polar surface area (TPSA) is 61.5 Å². The highest BCUT2D eigenvalue weighted by Gasteiger charge is 2.23. The minimum absolute atomic E-state index is 0.0159. The summed E-state index contributed by atoms with van der Waals surface area (Å²) in [6, 6.07) is 17.4. The number of methoxy groups -OCH3 is 1. The van der Waals surface area contributed by atoms with Gasteiger partial charge >= 0.3 is 0 Å². The average Bonchev–Trinajstić information content (AvgIpc) is 3.26. The molecule has 0 spiro atoms. The number of amides is 1. The smallest absolute Gasteiger partial charge is 0.271 e. The van der Waals surface area contributed by atoms with E-state index >= 15 is 0 Å². The monoisotopic (exact) mass is 410 g/mol. The molecule has 3 aromatic rings. The van der Waals surface area contributed by atoms with E-state index in [1.54, 1.807) is 13.2 Å². The van der Waals surface area contributed by atoms with Gasteiger partial charge in [0, 0.05) is 43.3 Å². The Morgan fingerprint density at radius 2 is 1.86 bits per heavy atom. The third kappa shape index (κ3) is 4.60. The Bertz CT molecular complexity index is 978. The number of aromatic amines is 1. The quantitative estimate of drug-likeness (QED) is 0.696. The van der Waals surface area contributed by atoms with E-state index < -0.39 is 0 Å². The van der Waals surface area contributed by atoms with E-state index in [9.17, 15) is 4.79 Å². The Labute approximate surface area is 175 Å². The minimum Gasteiger partial charge on any atom is -0.497 e. The van der Waals surface area contributed by atoms with Crippen molar-refractivity contribution in [3.8, 4) is 17.0 Å². The molecule has 1 N–H and O–H groups in total. The van der Waals surface area contributed by atoms with Crippen LogP contribution in [0.2, 0.25) is 5.02 Å². The molecule has 1 fully saturated rings. The molecule has 2 heterocycles. The van der Waals surface area contributed by atoms with Gasteiger partial charge in [-0.1, -0.05) is 35.9 Å². The van der Waals surface area contributed by atoms with Crippen LogP contribution in [0.15, 0.2) is 54.6 Å². The number of carbonyl (C=O) groups is 1. The standard InChI is InChI=1S/C22H23ClN4O2/c1-29-19-4-2-3-17(13-19)20-14-21(25-24-20)22(28)27-11-9-26(10-12-27)15-16-5-7-18(23)8-6-16/h2-8,13-14H,9-12,15H2,1H3,(H,24,25). The molecule has 4 rings (SSSR count). The van der Waals surface area contributed by atoms with Gasteiger partial charge in [-0.3, -0.25) is 14.8 Å². The second-order valence-corrected chi connectivity index (χ2v) is 7.53. The molecule has 0 saturated carbocycles. The van der Waals surface area contributed by atoms with Crippen LogP contribution < -0.4 is 4.74 Å². The summed E-state index contributed by atoms with van der Waals surface area (Å²) >= 11 is 5.95. The van der Waals surface area contributed by atoms with Crippen LogP contribution in [0, 0.1) is 0 Å². The van der Waals surface area contributed by atoms with Crippen LogP contribution in [0.5, 0.6) is 5.75 Å². The van der Waals surface area contributed by atoms with Crippen molar-refractivity contribution in [2.45, 2.75) is 6.54 Å². The number of hydrogen-bond donors (Lipinski definition) is 1. The molecule has 0 unspecified atom stereocenters. The van der Waals surface area contributed by atoms with E-state index in [1.165, 1.54) is 5.56 Å². The molecule has 2 aromatic carbocycles. The Hall–Kier alpha value is -2.83. The molecular formula is C22H23ClN4O2. The van der Waals surface area contributed by atoms with Gasteiger partial charge in [0.1, 0.15) is 11.4 Å². The van der Waals surface area contributed by atoms with Gasteiger partial charge in [-0.05, 0) is 35.9 Å². The number of rotatable bonds is 5. The van der Waals surface area contributed by atoms with Crippen molar-refractivity contribution in [2.24, 2.45) is 0 Å². The van der Waals surface area contributed by atoms with E-state index in [2.05, 4.69) is 15.1 Å². The molecule has 1 saturated heterocycles. The lowest BCUT2D eigenvalue weighted by Gasteiger charge is -2.34. The highest BCUT2D eigenvalue weighted by atomic mass is 35.5. The van der Waals surface area contributed by atoms with Crippen LogP contribution in [0.3, 0.4) is 0 Å². The number of aromatic nitrogens is 2. The number of halogens is 1.